The molecule has 0 fully saturated rings. The highest BCUT2D eigenvalue weighted by atomic mass is 32.2. The van der Waals surface area contributed by atoms with Gasteiger partial charge in [0.25, 0.3) is 0 Å². The number of aryl methyl sites for hydroxylation is 3. The van der Waals surface area contributed by atoms with E-state index in [1.54, 1.807) is 25.5 Å². The first kappa shape index (κ1) is 13.7. The summed E-state index contributed by atoms with van der Waals surface area (Å²) in [5.41, 5.74) is 0.349. The molecule has 0 spiro atoms. The summed E-state index contributed by atoms with van der Waals surface area (Å²) in [7, 11) is -0.416. The van der Waals surface area contributed by atoms with Gasteiger partial charge in [0.2, 0.25) is 10.0 Å². The first-order valence-electron chi connectivity index (χ1n) is 5.56. The summed E-state index contributed by atoms with van der Waals surface area (Å²) in [6.45, 7) is 3.30. The maximum atomic E-state index is 12.4. The van der Waals surface area contributed by atoms with E-state index < -0.39 is 10.0 Å². The minimum Gasteiger partial charge on any atom is -0.360 e. The normalized spacial score (nSPS) is 12.3. The number of rotatable bonds is 4. The third kappa shape index (κ3) is 2.38. The van der Waals surface area contributed by atoms with Crippen LogP contribution in [0.1, 0.15) is 17.3 Å². The second-order valence-electron chi connectivity index (χ2n) is 4.27. The van der Waals surface area contributed by atoms with Gasteiger partial charge in [0.1, 0.15) is 22.7 Å². The number of hydrogen-bond acceptors (Lipinski definition) is 6. The Kier molecular flexibility index (Phi) is 3.42. The predicted molar refractivity (Wildman–Crippen MR) is 65.6 cm³/mol. The highest BCUT2D eigenvalue weighted by Gasteiger charge is 2.29. The van der Waals surface area contributed by atoms with Crippen molar-refractivity contribution in [3.63, 3.8) is 0 Å². The summed E-state index contributed by atoms with van der Waals surface area (Å²) in [6.07, 6.45) is 1.52. The zero-order valence-corrected chi connectivity index (χ0v) is 12.0. The summed E-state index contributed by atoms with van der Waals surface area (Å²) in [6, 6.07) is 0. The molecular weight excluding hydrogens is 270 g/mol. The fraction of sp³-hybridized carbons (Fsp3) is 0.500. The molecule has 9 heteroatoms. The Hall–Kier alpha value is -1.74. The minimum absolute atomic E-state index is 0.108. The van der Waals surface area contributed by atoms with Gasteiger partial charge in [-0.3, -0.25) is 0 Å². The van der Waals surface area contributed by atoms with Gasteiger partial charge in [0.05, 0.1) is 6.54 Å². The lowest BCUT2D eigenvalue weighted by molar-refractivity contribution is 0.389. The van der Waals surface area contributed by atoms with E-state index in [4.69, 9.17) is 4.52 Å². The lowest BCUT2D eigenvalue weighted by atomic mass is 10.4. The van der Waals surface area contributed by atoms with Crippen LogP contribution in [0.15, 0.2) is 15.7 Å². The third-order valence-corrected chi connectivity index (χ3v) is 4.85. The maximum absolute atomic E-state index is 12.4. The summed E-state index contributed by atoms with van der Waals surface area (Å²) in [5, 5.41) is 11.2. The molecule has 0 aliphatic rings. The molecule has 0 unspecified atom stereocenters. The largest absolute Gasteiger partial charge is 0.360 e. The molecule has 0 atom stereocenters. The van der Waals surface area contributed by atoms with Gasteiger partial charge in [0.15, 0.2) is 5.76 Å². The van der Waals surface area contributed by atoms with Crippen LogP contribution in [-0.4, -0.2) is 39.7 Å². The van der Waals surface area contributed by atoms with Crippen LogP contribution in [0.2, 0.25) is 0 Å². The molecule has 0 saturated heterocycles. The van der Waals surface area contributed by atoms with Gasteiger partial charge in [0, 0.05) is 14.1 Å². The van der Waals surface area contributed by atoms with E-state index in [0.29, 0.717) is 11.5 Å². The molecule has 0 aromatic carbocycles. The van der Waals surface area contributed by atoms with Crippen LogP contribution in [0, 0.1) is 13.8 Å². The summed E-state index contributed by atoms with van der Waals surface area (Å²) >= 11 is 0. The standard InChI is InChI=1S/C10H15N5O3S/c1-7-10(8(2)18-13-7)19(16,17)15(4)5-9-12-11-6-14(9)3/h6H,5H2,1-4H3. The second kappa shape index (κ2) is 4.74. The van der Waals surface area contributed by atoms with Crippen molar-refractivity contribution >= 4 is 10.0 Å². The molecule has 0 radical (unpaired) electrons. The van der Waals surface area contributed by atoms with Gasteiger partial charge in [-0.1, -0.05) is 5.16 Å². The molecule has 2 rings (SSSR count). The first-order valence-corrected chi connectivity index (χ1v) is 7.00. The van der Waals surface area contributed by atoms with E-state index in [1.165, 1.54) is 17.7 Å². The zero-order chi connectivity index (χ0) is 14.2. The molecule has 104 valence electrons. The lowest BCUT2D eigenvalue weighted by Crippen LogP contribution is -2.28. The molecule has 0 bridgehead atoms. The lowest BCUT2D eigenvalue weighted by Gasteiger charge is -2.16. The van der Waals surface area contributed by atoms with E-state index in [0.717, 1.165) is 0 Å². The van der Waals surface area contributed by atoms with Gasteiger partial charge in [-0.2, -0.15) is 4.31 Å². The number of aromatic nitrogens is 4. The van der Waals surface area contributed by atoms with Gasteiger partial charge in [-0.05, 0) is 13.8 Å². The van der Waals surface area contributed by atoms with Crippen molar-refractivity contribution < 1.29 is 12.9 Å². The van der Waals surface area contributed by atoms with Crippen molar-refractivity contribution in [1.29, 1.82) is 0 Å². The van der Waals surface area contributed by atoms with Crippen molar-refractivity contribution in [3.05, 3.63) is 23.6 Å². The SMILES string of the molecule is Cc1noc(C)c1S(=O)(=O)N(C)Cc1nncn1C. The molecule has 0 N–H and O–H groups in total. The molecule has 8 nitrogen and oxygen atoms in total. The van der Waals surface area contributed by atoms with Gasteiger partial charge in [-0.15, -0.1) is 10.2 Å². The van der Waals surface area contributed by atoms with E-state index in [2.05, 4.69) is 15.4 Å². The average Bonchev–Trinajstić information content (AvgIpc) is 2.86. The molecule has 0 amide bonds. The minimum atomic E-state index is -3.65. The molecular formula is C10H15N5O3S. The Morgan fingerprint density at radius 2 is 2.11 bits per heavy atom. The van der Waals surface area contributed by atoms with E-state index in [9.17, 15) is 8.42 Å². The van der Waals surface area contributed by atoms with Crippen molar-refractivity contribution in [1.82, 2.24) is 24.2 Å². The summed E-state index contributed by atoms with van der Waals surface area (Å²) in [5.74, 6) is 0.833. The van der Waals surface area contributed by atoms with Gasteiger partial charge in [-0.25, -0.2) is 8.42 Å². The van der Waals surface area contributed by atoms with E-state index in [1.807, 2.05) is 0 Å². The van der Waals surface area contributed by atoms with Gasteiger partial charge < -0.3 is 9.09 Å². The van der Waals surface area contributed by atoms with Crippen molar-refractivity contribution in [2.24, 2.45) is 7.05 Å². The highest BCUT2D eigenvalue weighted by molar-refractivity contribution is 7.89. The van der Waals surface area contributed by atoms with Crippen LogP contribution in [-0.2, 0) is 23.6 Å². The van der Waals surface area contributed by atoms with Crippen LogP contribution < -0.4 is 0 Å². The molecule has 0 saturated carbocycles. The van der Waals surface area contributed by atoms with Crippen LogP contribution in [0.5, 0.6) is 0 Å². The Morgan fingerprint density at radius 3 is 2.58 bits per heavy atom. The quantitative estimate of drug-likeness (QED) is 0.798. The molecule has 2 heterocycles. The predicted octanol–water partition coefficient (Wildman–Crippen LogP) is 0.241. The first-order chi connectivity index (χ1) is 8.84. The average molecular weight is 285 g/mol. The summed E-state index contributed by atoms with van der Waals surface area (Å²) < 4.78 is 32.6. The molecule has 2 aromatic heterocycles. The second-order valence-corrected chi connectivity index (χ2v) is 6.25. The topological polar surface area (TPSA) is 94.1 Å². The van der Waals surface area contributed by atoms with Crippen LogP contribution in [0.25, 0.3) is 0 Å². The Bertz CT molecular complexity index is 668. The summed E-state index contributed by atoms with van der Waals surface area (Å²) in [4.78, 5) is 0.108. The van der Waals surface area contributed by atoms with Crippen molar-refractivity contribution in [2.75, 3.05) is 7.05 Å². The fourth-order valence-electron chi connectivity index (χ4n) is 1.73. The maximum Gasteiger partial charge on any atom is 0.248 e. The van der Waals surface area contributed by atoms with E-state index in [-0.39, 0.29) is 17.2 Å². The Balaban J connectivity index is 2.33. The fourth-order valence-corrected chi connectivity index (χ4v) is 3.14. The Morgan fingerprint density at radius 1 is 1.42 bits per heavy atom. The molecule has 2 aromatic rings. The third-order valence-electron chi connectivity index (χ3n) is 2.81. The number of hydrogen-bond donors (Lipinski definition) is 0. The monoisotopic (exact) mass is 285 g/mol. The van der Waals surface area contributed by atoms with Crippen LogP contribution >= 0.6 is 0 Å². The van der Waals surface area contributed by atoms with E-state index >= 15 is 0 Å². The van der Waals surface area contributed by atoms with Crippen LogP contribution in [0.4, 0.5) is 0 Å². The molecule has 19 heavy (non-hydrogen) atoms. The smallest absolute Gasteiger partial charge is 0.248 e. The van der Waals surface area contributed by atoms with Gasteiger partial charge >= 0.3 is 0 Å². The molecule has 0 aliphatic carbocycles. The zero-order valence-electron chi connectivity index (χ0n) is 11.2. The van der Waals surface area contributed by atoms with Crippen molar-refractivity contribution in [3.8, 4) is 0 Å². The van der Waals surface area contributed by atoms with Crippen LogP contribution in [0.3, 0.4) is 0 Å². The molecule has 0 aliphatic heterocycles. The number of nitrogens with zero attached hydrogens (tertiary/aromatic N) is 5. The highest BCUT2D eigenvalue weighted by Crippen LogP contribution is 2.23. The number of sulfonamides is 1. The Labute approximate surface area is 111 Å². The van der Waals surface area contributed by atoms with Crippen molar-refractivity contribution in [2.45, 2.75) is 25.3 Å².